The van der Waals surface area contributed by atoms with Gasteiger partial charge in [-0.05, 0) is 24.3 Å². The van der Waals surface area contributed by atoms with Crippen LogP contribution in [0.1, 0.15) is 5.69 Å². The van der Waals surface area contributed by atoms with E-state index in [9.17, 15) is 10.1 Å². The second-order valence-corrected chi connectivity index (χ2v) is 6.54. The zero-order chi connectivity index (χ0) is 17.9. The minimum atomic E-state index is -0.375. The van der Waals surface area contributed by atoms with E-state index in [1.165, 1.54) is 11.8 Å². The Hall–Kier alpha value is -2.99. The van der Waals surface area contributed by atoms with Gasteiger partial charge in [-0.15, -0.1) is 0 Å². The quantitative estimate of drug-likeness (QED) is 0.534. The lowest BCUT2D eigenvalue weighted by Crippen LogP contribution is -2.46. The molecule has 6 heteroatoms. The van der Waals surface area contributed by atoms with Crippen LogP contribution in [0.15, 0.2) is 60.7 Å². The van der Waals surface area contributed by atoms with Crippen LogP contribution in [0.4, 0.5) is 11.4 Å². The second kappa shape index (κ2) is 7.09. The number of hydrogen-bond acceptors (Lipinski definition) is 5. The molecule has 0 aliphatic carbocycles. The summed E-state index contributed by atoms with van der Waals surface area (Å²) in [5.74, 6) is 0. The molecule has 0 N–H and O–H groups in total. The van der Waals surface area contributed by atoms with Gasteiger partial charge in [0.1, 0.15) is 0 Å². The van der Waals surface area contributed by atoms with Gasteiger partial charge in [0.25, 0.3) is 5.69 Å². The number of pyridine rings is 1. The molecule has 1 aliphatic rings. The van der Waals surface area contributed by atoms with Crippen molar-refractivity contribution in [2.45, 2.75) is 6.54 Å². The topological polar surface area (TPSA) is 62.5 Å². The van der Waals surface area contributed by atoms with Crippen LogP contribution in [0.25, 0.3) is 10.9 Å². The molecule has 3 aromatic rings. The minimum Gasteiger partial charge on any atom is -0.369 e. The van der Waals surface area contributed by atoms with Gasteiger partial charge in [0.15, 0.2) is 0 Å². The summed E-state index contributed by atoms with van der Waals surface area (Å²) in [6.07, 6.45) is 0. The van der Waals surface area contributed by atoms with Crippen LogP contribution in [-0.2, 0) is 6.54 Å². The van der Waals surface area contributed by atoms with Crippen molar-refractivity contribution in [3.8, 4) is 0 Å². The standard InChI is InChI=1S/C20H20N4O2/c25-24(26)19-8-9-20-16(14-19)6-7-17(21-20)15-22-10-12-23(13-11-22)18-4-2-1-3-5-18/h1-9,14H,10-13,15H2. The Morgan fingerprint density at radius 2 is 1.73 bits per heavy atom. The fraction of sp³-hybridized carbons (Fsp3) is 0.250. The molecule has 0 spiro atoms. The number of nitro groups is 1. The Morgan fingerprint density at radius 3 is 2.46 bits per heavy atom. The largest absolute Gasteiger partial charge is 0.369 e. The monoisotopic (exact) mass is 348 g/mol. The van der Waals surface area contributed by atoms with Crippen LogP contribution < -0.4 is 4.90 Å². The van der Waals surface area contributed by atoms with Gasteiger partial charge >= 0.3 is 0 Å². The van der Waals surface area contributed by atoms with Gasteiger partial charge in [0.05, 0.1) is 16.1 Å². The first-order chi connectivity index (χ1) is 12.7. The Kier molecular flexibility index (Phi) is 4.50. The van der Waals surface area contributed by atoms with Gasteiger partial charge in [-0.25, -0.2) is 0 Å². The zero-order valence-electron chi connectivity index (χ0n) is 14.4. The lowest BCUT2D eigenvalue weighted by Gasteiger charge is -2.36. The highest BCUT2D eigenvalue weighted by Gasteiger charge is 2.17. The van der Waals surface area contributed by atoms with E-state index in [1.807, 2.05) is 18.2 Å². The Morgan fingerprint density at radius 1 is 0.962 bits per heavy atom. The molecule has 0 saturated carbocycles. The van der Waals surface area contributed by atoms with E-state index in [0.717, 1.165) is 49.3 Å². The van der Waals surface area contributed by atoms with Crippen molar-refractivity contribution in [3.05, 3.63) is 76.5 Å². The average molecular weight is 348 g/mol. The molecule has 0 amide bonds. The smallest absolute Gasteiger partial charge is 0.270 e. The summed E-state index contributed by atoms with van der Waals surface area (Å²) in [7, 11) is 0. The highest BCUT2D eigenvalue weighted by Crippen LogP contribution is 2.21. The van der Waals surface area contributed by atoms with Crippen molar-refractivity contribution < 1.29 is 4.92 Å². The molecule has 132 valence electrons. The predicted octanol–water partition coefficient (Wildman–Crippen LogP) is 3.47. The zero-order valence-corrected chi connectivity index (χ0v) is 14.4. The molecule has 26 heavy (non-hydrogen) atoms. The van der Waals surface area contributed by atoms with Crippen LogP contribution >= 0.6 is 0 Å². The SMILES string of the molecule is O=[N+]([O-])c1ccc2nc(CN3CCN(c4ccccc4)CC3)ccc2c1. The summed E-state index contributed by atoms with van der Waals surface area (Å²) in [6.45, 7) is 4.80. The van der Waals surface area contributed by atoms with Crippen molar-refractivity contribution in [3.63, 3.8) is 0 Å². The maximum absolute atomic E-state index is 10.9. The van der Waals surface area contributed by atoms with Crippen LogP contribution in [0.2, 0.25) is 0 Å². The van der Waals surface area contributed by atoms with Crippen LogP contribution in [-0.4, -0.2) is 41.0 Å². The lowest BCUT2D eigenvalue weighted by molar-refractivity contribution is -0.384. The fourth-order valence-corrected chi connectivity index (χ4v) is 3.39. The van der Waals surface area contributed by atoms with Gasteiger partial charge in [-0.2, -0.15) is 0 Å². The number of benzene rings is 2. The Labute approximate surface area is 151 Å². The number of rotatable bonds is 4. The van der Waals surface area contributed by atoms with E-state index < -0.39 is 0 Å². The fourth-order valence-electron chi connectivity index (χ4n) is 3.39. The number of fused-ring (bicyclic) bond motifs is 1. The summed E-state index contributed by atoms with van der Waals surface area (Å²) in [5, 5.41) is 11.7. The van der Waals surface area contributed by atoms with Crippen molar-refractivity contribution in [2.24, 2.45) is 0 Å². The van der Waals surface area contributed by atoms with Crippen molar-refractivity contribution in [1.29, 1.82) is 0 Å². The molecule has 0 bridgehead atoms. The first-order valence-electron chi connectivity index (χ1n) is 8.75. The summed E-state index contributed by atoms with van der Waals surface area (Å²) in [5.41, 5.74) is 3.18. The van der Waals surface area contributed by atoms with Crippen LogP contribution in [0, 0.1) is 10.1 Å². The number of anilines is 1. The first kappa shape index (κ1) is 16.5. The molecule has 0 radical (unpaired) electrons. The maximum atomic E-state index is 10.9. The molecule has 1 fully saturated rings. The van der Waals surface area contributed by atoms with E-state index in [4.69, 9.17) is 0 Å². The molecule has 1 saturated heterocycles. The van der Waals surface area contributed by atoms with E-state index in [-0.39, 0.29) is 10.6 Å². The molecule has 4 rings (SSSR count). The number of non-ortho nitro benzene ring substituents is 1. The molecule has 2 aromatic carbocycles. The number of para-hydroxylation sites is 1. The molecule has 2 heterocycles. The molecule has 0 atom stereocenters. The molecule has 1 aromatic heterocycles. The van der Waals surface area contributed by atoms with Crippen LogP contribution in [0.3, 0.4) is 0 Å². The predicted molar refractivity (Wildman–Crippen MR) is 102 cm³/mol. The lowest BCUT2D eigenvalue weighted by atomic mass is 10.1. The Bertz CT molecular complexity index is 922. The summed E-state index contributed by atoms with van der Waals surface area (Å²) < 4.78 is 0. The highest BCUT2D eigenvalue weighted by atomic mass is 16.6. The van der Waals surface area contributed by atoms with E-state index in [1.54, 1.807) is 12.1 Å². The Balaban J connectivity index is 1.42. The molecular formula is C20H20N4O2. The van der Waals surface area contributed by atoms with E-state index in [2.05, 4.69) is 39.0 Å². The highest BCUT2D eigenvalue weighted by molar-refractivity contribution is 5.81. The van der Waals surface area contributed by atoms with Crippen LogP contribution in [0.5, 0.6) is 0 Å². The van der Waals surface area contributed by atoms with Gasteiger partial charge in [-0.3, -0.25) is 20.0 Å². The second-order valence-electron chi connectivity index (χ2n) is 6.54. The summed E-state index contributed by atoms with van der Waals surface area (Å²) in [6, 6.07) is 19.2. The molecular weight excluding hydrogens is 328 g/mol. The van der Waals surface area contributed by atoms with Crippen molar-refractivity contribution >= 4 is 22.3 Å². The maximum Gasteiger partial charge on any atom is 0.270 e. The first-order valence-corrected chi connectivity index (χ1v) is 8.75. The summed E-state index contributed by atoms with van der Waals surface area (Å²) in [4.78, 5) is 20.0. The van der Waals surface area contributed by atoms with E-state index in [0.29, 0.717) is 0 Å². The number of nitrogens with zero attached hydrogens (tertiary/aromatic N) is 4. The number of nitro benzene ring substituents is 1. The molecule has 0 unspecified atom stereocenters. The molecule has 1 aliphatic heterocycles. The third kappa shape index (κ3) is 3.50. The van der Waals surface area contributed by atoms with Gasteiger partial charge in [0, 0.05) is 55.9 Å². The summed E-state index contributed by atoms with van der Waals surface area (Å²) >= 11 is 0. The number of piperazine rings is 1. The molecule has 6 nitrogen and oxygen atoms in total. The van der Waals surface area contributed by atoms with Gasteiger partial charge < -0.3 is 4.90 Å². The average Bonchev–Trinajstić information content (AvgIpc) is 2.69. The number of hydrogen-bond donors (Lipinski definition) is 0. The van der Waals surface area contributed by atoms with E-state index >= 15 is 0 Å². The third-order valence-electron chi connectivity index (χ3n) is 4.82. The van der Waals surface area contributed by atoms with Gasteiger partial charge in [-0.1, -0.05) is 24.3 Å². The van der Waals surface area contributed by atoms with Crippen molar-refractivity contribution in [1.82, 2.24) is 9.88 Å². The van der Waals surface area contributed by atoms with Crippen molar-refractivity contribution in [2.75, 3.05) is 31.1 Å². The normalized spacial score (nSPS) is 15.3. The minimum absolute atomic E-state index is 0.101. The third-order valence-corrected chi connectivity index (χ3v) is 4.82. The van der Waals surface area contributed by atoms with Gasteiger partial charge in [0.2, 0.25) is 0 Å². The number of aromatic nitrogens is 1.